The molecule has 1 N–H and O–H groups in total. The molecule has 162 valence electrons. The van der Waals surface area contributed by atoms with Crippen molar-refractivity contribution in [3.05, 3.63) is 59.9 Å². The molecule has 1 atom stereocenters. The molecule has 1 saturated carbocycles. The van der Waals surface area contributed by atoms with Gasteiger partial charge in [-0.1, -0.05) is 18.2 Å². The van der Waals surface area contributed by atoms with Crippen molar-refractivity contribution in [2.45, 2.75) is 32.4 Å². The van der Waals surface area contributed by atoms with Gasteiger partial charge < -0.3 is 19.9 Å². The lowest BCUT2D eigenvalue weighted by molar-refractivity contribution is -0.135. The molecule has 1 aromatic heterocycles. The van der Waals surface area contributed by atoms with Crippen LogP contribution in [-0.4, -0.2) is 53.0 Å². The first-order chi connectivity index (χ1) is 15.1. The Morgan fingerprint density at radius 1 is 1.06 bits per heavy atom. The van der Waals surface area contributed by atoms with E-state index in [0.717, 1.165) is 50.2 Å². The highest BCUT2D eigenvalue weighted by Crippen LogP contribution is 2.59. The maximum Gasteiger partial charge on any atom is 0.318 e. The van der Waals surface area contributed by atoms with E-state index in [4.69, 9.17) is 4.74 Å². The monoisotopic (exact) mass is 420 g/mol. The molecular weight excluding hydrogens is 392 g/mol. The van der Waals surface area contributed by atoms with Gasteiger partial charge in [-0.25, -0.2) is 4.79 Å². The summed E-state index contributed by atoms with van der Waals surface area (Å²) in [5.74, 6) is 1.29. The number of aromatic nitrogens is 1. The van der Waals surface area contributed by atoms with Gasteiger partial charge in [0.2, 0.25) is 0 Å². The predicted octanol–water partition coefficient (Wildman–Crippen LogP) is 2.81. The van der Waals surface area contributed by atoms with Gasteiger partial charge in [-0.15, -0.1) is 0 Å². The van der Waals surface area contributed by atoms with Gasteiger partial charge >= 0.3 is 6.03 Å². The SMILES string of the molecule is O=C(COc1ccccc1)N1CCC2(CC1)CC2CNC(=O)N1Cc2ccncc2C1. The largest absolute Gasteiger partial charge is 0.484 e. The summed E-state index contributed by atoms with van der Waals surface area (Å²) in [5.41, 5.74) is 2.61. The molecule has 1 aliphatic carbocycles. The summed E-state index contributed by atoms with van der Waals surface area (Å²) in [6, 6.07) is 11.4. The fraction of sp³-hybridized carbons (Fsp3) is 0.458. The number of urea groups is 1. The number of carbonyl (C=O) groups excluding carboxylic acids is 2. The fourth-order valence-corrected chi connectivity index (χ4v) is 4.97. The molecule has 5 rings (SSSR count). The van der Waals surface area contributed by atoms with E-state index in [1.165, 1.54) is 5.56 Å². The van der Waals surface area contributed by atoms with E-state index in [1.54, 1.807) is 6.20 Å². The molecular formula is C24H28N4O3. The second-order valence-corrected chi connectivity index (χ2v) is 8.93. The Bertz CT molecular complexity index is 931. The van der Waals surface area contributed by atoms with E-state index < -0.39 is 0 Å². The number of hydrogen-bond donors (Lipinski definition) is 1. The number of carbonyl (C=O) groups is 2. The number of nitrogens with zero attached hydrogens (tertiary/aromatic N) is 3. The van der Waals surface area contributed by atoms with E-state index in [0.29, 0.717) is 24.4 Å². The van der Waals surface area contributed by atoms with Crippen molar-refractivity contribution in [3.63, 3.8) is 0 Å². The van der Waals surface area contributed by atoms with Crippen LogP contribution >= 0.6 is 0 Å². The summed E-state index contributed by atoms with van der Waals surface area (Å²) >= 11 is 0. The number of fused-ring (bicyclic) bond motifs is 1. The molecule has 7 nitrogen and oxygen atoms in total. The van der Waals surface area contributed by atoms with Crippen LogP contribution in [-0.2, 0) is 17.9 Å². The number of hydrogen-bond acceptors (Lipinski definition) is 4. The maximum atomic E-state index is 12.6. The summed E-state index contributed by atoms with van der Waals surface area (Å²) in [4.78, 5) is 32.9. The Kier molecular flexibility index (Phi) is 5.26. The van der Waals surface area contributed by atoms with Crippen molar-refractivity contribution in [3.8, 4) is 5.75 Å². The summed E-state index contributed by atoms with van der Waals surface area (Å²) in [6.07, 6.45) is 6.77. The molecule has 7 heteroatoms. The average molecular weight is 421 g/mol. The third-order valence-corrected chi connectivity index (χ3v) is 7.09. The second kappa shape index (κ2) is 8.21. The topological polar surface area (TPSA) is 74.8 Å². The van der Waals surface area contributed by atoms with Crippen molar-refractivity contribution in [1.82, 2.24) is 20.1 Å². The lowest BCUT2D eigenvalue weighted by Crippen LogP contribution is -2.43. The minimum Gasteiger partial charge on any atom is -0.484 e. The Morgan fingerprint density at radius 3 is 2.61 bits per heavy atom. The van der Waals surface area contributed by atoms with Crippen molar-refractivity contribution < 1.29 is 14.3 Å². The smallest absolute Gasteiger partial charge is 0.318 e. The number of para-hydroxylation sites is 1. The van der Waals surface area contributed by atoms with Crippen molar-refractivity contribution >= 4 is 11.9 Å². The number of rotatable bonds is 5. The van der Waals surface area contributed by atoms with Crippen molar-refractivity contribution in [2.24, 2.45) is 11.3 Å². The highest BCUT2D eigenvalue weighted by molar-refractivity contribution is 5.78. The Balaban J connectivity index is 1.04. The number of benzene rings is 1. The van der Waals surface area contributed by atoms with Crippen LogP contribution in [0, 0.1) is 11.3 Å². The molecule has 1 aromatic carbocycles. The van der Waals surface area contributed by atoms with E-state index in [1.807, 2.05) is 52.4 Å². The second-order valence-electron chi connectivity index (χ2n) is 8.93. The first-order valence-corrected chi connectivity index (χ1v) is 11.0. The maximum absolute atomic E-state index is 12.6. The van der Waals surface area contributed by atoms with Gasteiger partial charge in [0, 0.05) is 45.1 Å². The van der Waals surface area contributed by atoms with Crippen LogP contribution in [0.5, 0.6) is 5.75 Å². The van der Waals surface area contributed by atoms with Crippen LogP contribution in [0.4, 0.5) is 4.79 Å². The third kappa shape index (κ3) is 4.22. The molecule has 31 heavy (non-hydrogen) atoms. The first kappa shape index (κ1) is 19.8. The zero-order valence-electron chi connectivity index (χ0n) is 17.6. The Hall–Kier alpha value is -3.09. The zero-order chi connectivity index (χ0) is 21.3. The fourth-order valence-electron chi connectivity index (χ4n) is 4.97. The lowest BCUT2D eigenvalue weighted by atomic mass is 9.91. The molecule has 3 amide bonds. The highest BCUT2D eigenvalue weighted by atomic mass is 16.5. The van der Waals surface area contributed by atoms with Crippen molar-refractivity contribution in [2.75, 3.05) is 26.2 Å². The van der Waals surface area contributed by atoms with Gasteiger partial charge in [0.25, 0.3) is 5.91 Å². The van der Waals surface area contributed by atoms with Crippen LogP contribution in [0.3, 0.4) is 0 Å². The number of piperidine rings is 1. The summed E-state index contributed by atoms with van der Waals surface area (Å²) in [7, 11) is 0. The van der Waals surface area contributed by atoms with Gasteiger partial charge in [-0.2, -0.15) is 0 Å². The third-order valence-electron chi connectivity index (χ3n) is 7.09. The Morgan fingerprint density at radius 2 is 1.84 bits per heavy atom. The summed E-state index contributed by atoms with van der Waals surface area (Å²) in [5, 5.41) is 3.13. The molecule has 0 bridgehead atoms. The molecule has 0 radical (unpaired) electrons. The first-order valence-electron chi connectivity index (χ1n) is 11.0. The summed E-state index contributed by atoms with van der Waals surface area (Å²) in [6.45, 7) is 3.64. The standard InChI is InChI=1S/C24H28N4O3/c29-22(17-31-21-4-2-1-3-5-21)27-10-7-24(8-11-27)12-20(24)14-26-23(30)28-15-18-6-9-25-13-19(18)16-28/h1-6,9,13,20H,7-8,10-12,14-17H2,(H,26,30). The Labute approximate surface area is 182 Å². The normalized spacial score (nSPS) is 21.0. The number of ether oxygens (including phenoxy) is 1. The van der Waals surface area contributed by atoms with Gasteiger partial charge in [0.05, 0.1) is 0 Å². The molecule has 2 fully saturated rings. The van der Waals surface area contributed by atoms with Crippen LogP contribution in [0.1, 0.15) is 30.4 Å². The summed E-state index contributed by atoms with van der Waals surface area (Å²) < 4.78 is 5.60. The van der Waals surface area contributed by atoms with E-state index in [9.17, 15) is 9.59 Å². The van der Waals surface area contributed by atoms with Crippen LogP contribution < -0.4 is 10.1 Å². The number of likely N-dealkylation sites (tertiary alicyclic amines) is 1. The number of pyridine rings is 1. The molecule has 3 aliphatic rings. The van der Waals surface area contributed by atoms with Gasteiger partial charge in [-0.3, -0.25) is 9.78 Å². The zero-order valence-corrected chi connectivity index (χ0v) is 17.6. The lowest BCUT2D eigenvalue weighted by Gasteiger charge is -2.33. The molecule has 1 unspecified atom stereocenters. The highest BCUT2D eigenvalue weighted by Gasteiger charge is 2.54. The minimum atomic E-state index is 0.00363. The quantitative estimate of drug-likeness (QED) is 0.807. The molecule has 2 aromatic rings. The van der Waals surface area contributed by atoms with Crippen molar-refractivity contribution in [1.29, 1.82) is 0 Å². The molecule has 1 saturated heterocycles. The molecule has 1 spiro atoms. The van der Waals surface area contributed by atoms with E-state index in [-0.39, 0.29) is 18.5 Å². The van der Waals surface area contributed by atoms with Crippen LogP contribution in [0.25, 0.3) is 0 Å². The molecule has 3 heterocycles. The van der Waals surface area contributed by atoms with Crippen LogP contribution in [0.15, 0.2) is 48.8 Å². The van der Waals surface area contributed by atoms with Crippen LogP contribution in [0.2, 0.25) is 0 Å². The van der Waals surface area contributed by atoms with Gasteiger partial charge in [0.15, 0.2) is 6.61 Å². The van der Waals surface area contributed by atoms with Gasteiger partial charge in [-0.05, 0) is 59.9 Å². The number of amides is 3. The minimum absolute atomic E-state index is 0.00363. The number of nitrogens with one attached hydrogen (secondary N) is 1. The van der Waals surface area contributed by atoms with Gasteiger partial charge in [0.1, 0.15) is 5.75 Å². The predicted molar refractivity (Wildman–Crippen MR) is 115 cm³/mol. The van der Waals surface area contributed by atoms with E-state index in [2.05, 4.69) is 10.3 Å². The molecule has 2 aliphatic heterocycles. The van der Waals surface area contributed by atoms with E-state index >= 15 is 0 Å². The average Bonchev–Trinajstić information content (AvgIpc) is 3.28.